The van der Waals surface area contributed by atoms with E-state index in [0.29, 0.717) is 22.7 Å². The molecule has 1 aliphatic heterocycles. The summed E-state index contributed by atoms with van der Waals surface area (Å²) < 4.78 is 5.96. The Hall–Kier alpha value is -3.45. The van der Waals surface area contributed by atoms with Gasteiger partial charge >= 0.3 is 5.91 Å². The molecule has 1 amide bonds. The predicted molar refractivity (Wildman–Crippen MR) is 116 cm³/mol. The maximum atomic E-state index is 13.0. The number of pyridine rings is 1. The van der Waals surface area contributed by atoms with Crippen molar-refractivity contribution in [1.82, 2.24) is 4.98 Å². The van der Waals surface area contributed by atoms with Gasteiger partial charge < -0.3 is 9.84 Å². The van der Waals surface area contributed by atoms with Gasteiger partial charge in [-0.3, -0.25) is 14.5 Å². The van der Waals surface area contributed by atoms with Crippen LogP contribution in [-0.2, 0) is 9.59 Å². The van der Waals surface area contributed by atoms with Gasteiger partial charge in [0.15, 0.2) is 0 Å². The third-order valence-electron chi connectivity index (χ3n) is 4.88. The number of nitrogens with zero attached hydrogens (tertiary/aromatic N) is 2. The second-order valence-electron chi connectivity index (χ2n) is 6.64. The second kappa shape index (κ2) is 8.12. The van der Waals surface area contributed by atoms with Crippen molar-refractivity contribution in [3.8, 4) is 5.75 Å². The summed E-state index contributed by atoms with van der Waals surface area (Å²) in [6.07, 6.45) is 1.55. The number of Topliss-reactive ketones (excluding diaryl/α,β-unsaturated/α-hetero) is 1. The highest BCUT2D eigenvalue weighted by Gasteiger charge is 2.47. The summed E-state index contributed by atoms with van der Waals surface area (Å²) in [4.78, 5) is 31.6. The van der Waals surface area contributed by atoms with Gasteiger partial charge in [-0.05, 0) is 45.8 Å². The molecule has 0 bridgehead atoms. The Morgan fingerprint density at radius 3 is 2.33 bits per heavy atom. The van der Waals surface area contributed by atoms with E-state index in [0.717, 1.165) is 4.47 Å². The van der Waals surface area contributed by atoms with Crippen LogP contribution in [-0.4, -0.2) is 28.9 Å². The second-order valence-corrected chi connectivity index (χ2v) is 7.56. The Balaban J connectivity index is 1.92. The maximum Gasteiger partial charge on any atom is 0.301 e. The molecule has 1 N–H and O–H groups in total. The number of rotatable bonds is 4. The number of halogens is 1. The molecule has 30 heavy (non-hydrogen) atoms. The molecule has 1 aromatic heterocycles. The number of ether oxygens (including phenoxy) is 1. The van der Waals surface area contributed by atoms with E-state index in [1.807, 2.05) is 6.07 Å². The number of methoxy groups -OCH3 is 1. The molecule has 0 spiro atoms. The first-order valence-corrected chi connectivity index (χ1v) is 9.92. The summed E-state index contributed by atoms with van der Waals surface area (Å²) in [5.41, 5.74) is 1.12. The first kappa shape index (κ1) is 19.8. The van der Waals surface area contributed by atoms with Crippen molar-refractivity contribution in [2.75, 3.05) is 12.0 Å². The van der Waals surface area contributed by atoms with Crippen molar-refractivity contribution in [2.45, 2.75) is 6.04 Å². The molecular formula is C23H17BrN2O4. The number of aromatic nitrogens is 1. The molecule has 4 rings (SSSR count). The highest BCUT2D eigenvalue weighted by Crippen LogP contribution is 2.41. The maximum absolute atomic E-state index is 13.0. The number of benzene rings is 2. The molecule has 2 aromatic carbocycles. The third-order valence-corrected chi connectivity index (χ3v) is 5.35. The van der Waals surface area contributed by atoms with Crippen molar-refractivity contribution < 1.29 is 19.4 Å². The van der Waals surface area contributed by atoms with Gasteiger partial charge in [-0.2, -0.15) is 0 Å². The van der Waals surface area contributed by atoms with Crippen molar-refractivity contribution in [2.24, 2.45) is 0 Å². The first-order chi connectivity index (χ1) is 14.5. The minimum Gasteiger partial charge on any atom is -0.507 e. The van der Waals surface area contributed by atoms with Crippen LogP contribution in [0.25, 0.3) is 5.76 Å². The smallest absolute Gasteiger partial charge is 0.301 e. The van der Waals surface area contributed by atoms with Crippen molar-refractivity contribution in [1.29, 1.82) is 0 Å². The van der Waals surface area contributed by atoms with Crippen LogP contribution in [0.3, 0.4) is 0 Å². The minimum atomic E-state index is -0.829. The Labute approximate surface area is 181 Å². The number of ketones is 1. The average Bonchev–Trinajstić information content (AvgIpc) is 3.05. The monoisotopic (exact) mass is 464 g/mol. The lowest BCUT2D eigenvalue weighted by molar-refractivity contribution is -0.132. The zero-order valence-electron chi connectivity index (χ0n) is 15.9. The number of hydrogen-bond acceptors (Lipinski definition) is 5. The van der Waals surface area contributed by atoms with Gasteiger partial charge in [0.1, 0.15) is 17.3 Å². The molecule has 1 unspecified atom stereocenters. The molecule has 150 valence electrons. The zero-order valence-corrected chi connectivity index (χ0v) is 17.5. The van der Waals surface area contributed by atoms with E-state index in [9.17, 15) is 14.7 Å². The Morgan fingerprint density at radius 1 is 1.03 bits per heavy atom. The lowest BCUT2D eigenvalue weighted by atomic mass is 9.95. The van der Waals surface area contributed by atoms with Crippen molar-refractivity contribution in [3.63, 3.8) is 0 Å². The molecule has 2 heterocycles. The van der Waals surface area contributed by atoms with Gasteiger partial charge in [-0.1, -0.05) is 42.5 Å². The fourth-order valence-corrected chi connectivity index (χ4v) is 3.67. The molecule has 1 aliphatic rings. The fourth-order valence-electron chi connectivity index (χ4n) is 3.43. The average molecular weight is 465 g/mol. The van der Waals surface area contributed by atoms with E-state index in [1.165, 1.54) is 4.90 Å². The number of amides is 1. The Kier molecular flexibility index (Phi) is 5.37. The summed E-state index contributed by atoms with van der Waals surface area (Å²) in [7, 11) is 1.56. The third kappa shape index (κ3) is 3.48. The van der Waals surface area contributed by atoms with Crippen LogP contribution in [0.15, 0.2) is 83.0 Å². The number of carbonyl (C=O) groups excluding carboxylic acids is 2. The highest BCUT2D eigenvalue weighted by molar-refractivity contribution is 9.10. The molecule has 7 heteroatoms. The fraction of sp³-hybridized carbons (Fsp3) is 0.0870. The molecule has 1 saturated heterocycles. The topological polar surface area (TPSA) is 79.7 Å². The van der Waals surface area contributed by atoms with Gasteiger partial charge in [-0.25, -0.2) is 4.98 Å². The van der Waals surface area contributed by atoms with E-state index in [4.69, 9.17) is 4.74 Å². The van der Waals surface area contributed by atoms with Gasteiger partial charge in [0.05, 0.1) is 18.7 Å². The molecule has 1 atom stereocenters. The van der Waals surface area contributed by atoms with Gasteiger partial charge in [0.2, 0.25) is 0 Å². The molecular weight excluding hydrogens is 448 g/mol. The minimum absolute atomic E-state index is 0.0149. The summed E-state index contributed by atoms with van der Waals surface area (Å²) >= 11 is 3.33. The van der Waals surface area contributed by atoms with Crippen LogP contribution in [0.5, 0.6) is 5.75 Å². The number of carbonyl (C=O) groups is 2. The van der Waals surface area contributed by atoms with Crippen LogP contribution in [0.1, 0.15) is 17.2 Å². The summed E-state index contributed by atoms with van der Waals surface area (Å²) in [5.74, 6) is -0.784. The first-order valence-electron chi connectivity index (χ1n) is 9.13. The standard InChI is InChI=1S/C23H17BrN2O4/c1-30-17-10-7-14(8-11-17)20-19(21(27)15-5-3-2-4-6-15)22(28)23(29)26(20)18-12-9-16(24)13-25-18/h2-13,20,27H,1H3/b21-19-. The SMILES string of the molecule is COc1ccc(C2/C(=C(/O)c3ccccc3)C(=O)C(=O)N2c2ccc(Br)cn2)cc1. The number of aliphatic hydroxyl groups excluding tert-OH is 1. The molecule has 6 nitrogen and oxygen atoms in total. The number of aliphatic hydroxyl groups is 1. The lowest BCUT2D eigenvalue weighted by Crippen LogP contribution is -2.30. The quantitative estimate of drug-likeness (QED) is 0.349. The van der Waals surface area contributed by atoms with Crippen molar-refractivity contribution in [3.05, 3.63) is 94.1 Å². The van der Waals surface area contributed by atoms with Gasteiger partial charge in [0, 0.05) is 16.2 Å². The van der Waals surface area contributed by atoms with E-state index in [1.54, 1.807) is 74.0 Å². The predicted octanol–water partition coefficient (Wildman–Crippen LogP) is 4.48. The molecule has 0 radical (unpaired) electrons. The van der Waals surface area contributed by atoms with Crippen LogP contribution in [0.4, 0.5) is 5.82 Å². The van der Waals surface area contributed by atoms with E-state index in [-0.39, 0.29) is 11.3 Å². The summed E-state index contributed by atoms with van der Waals surface area (Å²) in [6, 6.07) is 18.3. The molecule has 0 saturated carbocycles. The number of hydrogen-bond donors (Lipinski definition) is 1. The summed E-state index contributed by atoms with van der Waals surface area (Å²) in [5, 5.41) is 11.0. The van der Waals surface area contributed by atoms with Gasteiger partial charge in [0.25, 0.3) is 5.78 Å². The van der Waals surface area contributed by atoms with Crippen LogP contribution in [0.2, 0.25) is 0 Å². The van der Waals surface area contributed by atoms with Crippen LogP contribution < -0.4 is 9.64 Å². The molecule has 0 aliphatic carbocycles. The molecule has 3 aromatic rings. The Morgan fingerprint density at radius 2 is 1.73 bits per heavy atom. The lowest BCUT2D eigenvalue weighted by Gasteiger charge is -2.24. The Bertz CT molecular complexity index is 1130. The van der Waals surface area contributed by atoms with E-state index >= 15 is 0 Å². The highest BCUT2D eigenvalue weighted by atomic mass is 79.9. The van der Waals surface area contributed by atoms with Crippen LogP contribution in [0, 0.1) is 0 Å². The molecule has 1 fully saturated rings. The van der Waals surface area contributed by atoms with E-state index < -0.39 is 17.7 Å². The van der Waals surface area contributed by atoms with Crippen molar-refractivity contribution >= 4 is 39.2 Å². The summed E-state index contributed by atoms with van der Waals surface area (Å²) in [6.45, 7) is 0. The van der Waals surface area contributed by atoms with Gasteiger partial charge in [-0.15, -0.1) is 0 Å². The van der Waals surface area contributed by atoms with Crippen LogP contribution >= 0.6 is 15.9 Å². The van der Waals surface area contributed by atoms with E-state index in [2.05, 4.69) is 20.9 Å². The zero-order chi connectivity index (χ0) is 21.3. The normalized spacial score (nSPS) is 17.9. The number of anilines is 1. The largest absolute Gasteiger partial charge is 0.507 e.